The molecule has 0 spiro atoms. The van der Waals surface area contributed by atoms with Gasteiger partial charge < -0.3 is 15.0 Å². The van der Waals surface area contributed by atoms with Gasteiger partial charge in [0, 0.05) is 24.3 Å². The van der Waals surface area contributed by atoms with E-state index in [1.54, 1.807) is 35.2 Å². The van der Waals surface area contributed by atoms with Crippen LogP contribution < -0.4 is 10.1 Å². The zero-order chi connectivity index (χ0) is 22.5. The van der Waals surface area contributed by atoms with Gasteiger partial charge in [0.05, 0.1) is 10.8 Å². The zero-order valence-electron chi connectivity index (χ0n) is 17.1. The summed E-state index contributed by atoms with van der Waals surface area (Å²) in [6.45, 7) is 0.868. The lowest BCUT2D eigenvalue weighted by Crippen LogP contribution is -2.41. The van der Waals surface area contributed by atoms with Gasteiger partial charge in [-0.1, -0.05) is 6.07 Å². The lowest BCUT2D eigenvalue weighted by atomic mass is 9.96. The van der Waals surface area contributed by atoms with Crippen LogP contribution in [0.5, 0.6) is 5.75 Å². The number of ether oxygens (including phenoxy) is 1. The van der Waals surface area contributed by atoms with Crippen molar-refractivity contribution in [1.29, 1.82) is 0 Å². The fourth-order valence-electron chi connectivity index (χ4n) is 3.50. The Morgan fingerprint density at radius 1 is 0.969 bits per heavy atom. The van der Waals surface area contributed by atoms with Crippen molar-refractivity contribution < 1.29 is 23.5 Å². The molecule has 2 amide bonds. The summed E-state index contributed by atoms with van der Waals surface area (Å²) in [5.41, 5.74) is 1.04. The van der Waals surface area contributed by atoms with Crippen molar-refractivity contribution in [2.45, 2.75) is 12.8 Å². The maximum atomic E-state index is 13.1. The third-order valence-electron chi connectivity index (χ3n) is 5.28. The standard InChI is InChI=1S/C24H21FN2O4S/c25-18-5-3-16(4-6-18)23(29)27-13-11-17(12-14-27)24(30)31-20-9-7-19(8-10-20)26-22(28)21-2-1-15-32-21/h1-10,15,17H,11-14H2,(H,26,28). The van der Waals surface area contributed by atoms with Gasteiger partial charge in [-0.2, -0.15) is 0 Å². The Kier molecular flexibility index (Phi) is 6.61. The molecule has 164 valence electrons. The lowest BCUT2D eigenvalue weighted by Gasteiger charge is -2.31. The van der Waals surface area contributed by atoms with Crippen molar-refractivity contribution in [3.05, 3.63) is 82.3 Å². The van der Waals surface area contributed by atoms with Crippen LogP contribution in [0.4, 0.5) is 10.1 Å². The number of hydrogen-bond acceptors (Lipinski definition) is 5. The fraction of sp³-hybridized carbons (Fsp3) is 0.208. The Balaban J connectivity index is 1.27. The predicted octanol–water partition coefficient (Wildman–Crippen LogP) is 4.60. The largest absolute Gasteiger partial charge is 0.426 e. The molecule has 0 atom stereocenters. The van der Waals surface area contributed by atoms with E-state index in [2.05, 4.69) is 5.32 Å². The van der Waals surface area contributed by atoms with Crippen LogP contribution in [0.3, 0.4) is 0 Å². The number of nitrogens with zero attached hydrogens (tertiary/aromatic N) is 1. The van der Waals surface area contributed by atoms with Crippen LogP contribution in [-0.2, 0) is 4.79 Å². The van der Waals surface area contributed by atoms with E-state index >= 15 is 0 Å². The van der Waals surface area contributed by atoms with E-state index < -0.39 is 0 Å². The van der Waals surface area contributed by atoms with Gasteiger partial charge in [0.2, 0.25) is 0 Å². The molecule has 32 heavy (non-hydrogen) atoms. The molecule has 8 heteroatoms. The van der Waals surface area contributed by atoms with Gasteiger partial charge in [-0.15, -0.1) is 11.3 Å². The van der Waals surface area contributed by atoms with E-state index in [0.717, 1.165) is 0 Å². The highest BCUT2D eigenvalue weighted by molar-refractivity contribution is 7.12. The van der Waals surface area contributed by atoms with Crippen LogP contribution in [0.25, 0.3) is 0 Å². The Hall–Kier alpha value is -3.52. The molecule has 4 rings (SSSR count). The lowest BCUT2D eigenvalue weighted by molar-refractivity contribution is -0.140. The summed E-state index contributed by atoms with van der Waals surface area (Å²) in [4.78, 5) is 39.4. The van der Waals surface area contributed by atoms with Crippen LogP contribution in [0.2, 0.25) is 0 Å². The monoisotopic (exact) mass is 452 g/mol. The highest BCUT2D eigenvalue weighted by atomic mass is 32.1. The number of amides is 2. The zero-order valence-corrected chi connectivity index (χ0v) is 17.9. The van der Waals surface area contributed by atoms with Crippen LogP contribution >= 0.6 is 11.3 Å². The molecular weight excluding hydrogens is 431 g/mol. The summed E-state index contributed by atoms with van der Waals surface area (Å²) in [6, 6.07) is 15.6. The van der Waals surface area contributed by atoms with Crippen molar-refractivity contribution in [2.75, 3.05) is 18.4 Å². The molecule has 1 aliphatic rings. The topological polar surface area (TPSA) is 75.7 Å². The van der Waals surface area contributed by atoms with Crippen molar-refractivity contribution in [2.24, 2.45) is 5.92 Å². The van der Waals surface area contributed by atoms with Gasteiger partial charge >= 0.3 is 5.97 Å². The first-order valence-electron chi connectivity index (χ1n) is 10.2. The molecule has 0 saturated carbocycles. The number of thiophene rings is 1. The molecule has 0 aliphatic carbocycles. The second-order valence-electron chi connectivity index (χ2n) is 7.45. The van der Waals surface area contributed by atoms with E-state index in [9.17, 15) is 18.8 Å². The molecule has 1 fully saturated rings. The van der Waals surface area contributed by atoms with Crippen molar-refractivity contribution in [3.8, 4) is 5.75 Å². The molecule has 0 bridgehead atoms. The van der Waals surface area contributed by atoms with E-state index in [4.69, 9.17) is 4.74 Å². The number of hydrogen-bond donors (Lipinski definition) is 1. The molecule has 1 aromatic heterocycles. The minimum atomic E-state index is -0.388. The predicted molar refractivity (Wildman–Crippen MR) is 119 cm³/mol. The fourth-order valence-corrected chi connectivity index (χ4v) is 4.12. The summed E-state index contributed by atoms with van der Waals surface area (Å²) in [5.74, 6) is -0.988. The average Bonchev–Trinajstić information content (AvgIpc) is 3.36. The molecule has 2 aromatic carbocycles. The third kappa shape index (κ3) is 5.20. The van der Waals surface area contributed by atoms with E-state index in [0.29, 0.717) is 47.8 Å². The first kappa shape index (κ1) is 21.7. The van der Waals surface area contributed by atoms with Crippen LogP contribution in [-0.4, -0.2) is 35.8 Å². The Labute approximate surface area is 188 Å². The summed E-state index contributed by atoms with van der Waals surface area (Å²) in [5, 5.41) is 4.63. The first-order valence-corrected chi connectivity index (χ1v) is 11.1. The number of esters is 1. The molecule has 2 heterocycles. The van der Waals surface area contributed by atoms with E-state index in [1.165, 1.54) is 35.6 Å². The number of piperidine rings is 1. The molecular formula is C24H21FN2O4S. The third-order valence-corrected chi connectivity index (χ3v) is 6.15. The van der Waals surface area contributed by atoms with E-state index in [-0.39, 0.29) is 29.5 Å². The van der Waals surface area contributed by atoms with Crippen LogP contribution in [0.15, 0.2) is 66.0 Å². The molecule has 6 nitrogen and oxygen atoms in total. The maximum Gasteiger partial charge on any atom is 0.314 e. The summed E-state index contributed by atoms with van der Waals surface area (Å²) < 4.78 is 18.5. The van der Waals surface area contributed by atoms with Crippen LogP contribution in [0, 0.1) is 11.7 Å². The summed E-state index contributed by atoms with van der Waals surface area (Å²) in [6.07, 6.45) is 1.00. The van der Waals surface area contributed by atoms with Crippen molar-refractivity contribution >= 4 is 34.8 Å². The molecule has 3 aromatic rings. The number of halogens is 1. The maximum absolute atomic E-state index is 13.1. The number of likely N-dealkylation sites (tertiary alicyclic amines) is 1. The number of carbonyl (C=O) groups excluding carboxylic acids is 3. The van der Waals surface area contributed by atoms with Gasteiger partial charge in [-0.25, -0.2) is 4.39 Å². The molecule has 1 aliphatic heterocycles. The second kappa shape index (κ2) is 9.74. The van der Waals surface area contributed by atoms with Gasteiger partial charge in [0.1, 0.15) is 11.6 Å². The number of anilines is 1. The van der Waals surface area contributed by atoms with Gasteiger partial charge in [-0.05, 0) is 72.8 Å². The minimum absolute atomic E-state index is 0.169. The SMILES string of the molecule is O=C(Nc1ccc(OC(=O)C2CCN(C(=O)c3ccc(F)cc3)CC2)cc1)c1cccs1. The van der Waals surface area contributed by atoms with E-state index in [1.807, 2.05) is 11.4 Å². The number of nitrogens with one attached hydrogen (secondary N) is 1. The minimum Gasteiger partial charge on any atom is -0.426 e. The molecule has 0 unspecified atom stereocenters. The molecule has 1 N–H and O–H groups in total. The van der Waals surface area contributed by atoms with Gasteiger partial charge in [0.15, 0.2) is 0 Å². The highest BCUT2D eigenvalue weighted by Crippen LogP contribution is 2.23. The normalized spacial score (nSPS) is 14.1. The Morgan fingerprint density at radius 2 is 1.66 bits per heavy atom. The van der Waals surface area contributed by atoms with Crippen molar-refractivity contribution in [1.82, 2.24) is 4.90 Å². The molecule has 0 radical (unpaired) electrons. The molecule has 1 saturated heterocycles. The van der Waals surface area contributed by atoms with Gasteiger partial charge in [0.25, 0.3) is 11.8 Å². The summed E-state index contributed by atoms with van der Waals surface area (Å²) in [7, 11) is 0. The average molecular weight is 453 g/mol. The quantitative estimate of drug-likeness (QED) is 0.454. The summed E-state index contributed by atoms with van der Waals surface area (Å²) >= 11 is 1.36. The van der Waals surface area contributed by atoms with Gasteiger partial charge in [-0.3, -0.25) is 14.4 Å². The Bertz CT molecular complexity index is 1090. The Morgan fingerprint density at radius 3 is 2.28 bits per heavy atom. The second-order valence-corrected chi connectivity index (χ2v) is 8.40. The number of carbonyl (C=O) groups is 3. The number of rotatable bonds is 5. The number of benzene rings is 2. The first-order chi connectivity index (χ1) is 15.5. The van der Waals surface area contributed by atoms with Crippen molar-refractivity contribution in [3.63, 3.8) is 0 Å². The smallest absolute Gasteiger partial charge is 0.314 e. The van der Waals surface area contributed by atoms with Crippen LogP contribution in [0.1, 0.15) is 32.9 Å². The highest BCUT2D eigenvalue weighted by Gasteiger charge is 2.29.